The summed E-state index contributed by atoms with van der Waals surface area (Å²) in [5, 5.41) is 1.08. The first-order valence-electron chi connectivity index (χ1n) is 8.07. The summed E-state index contributed by atoms with van der Waals surface area (Å²) in [6.07, 6.45) is -0.381. The van der Waals surface area contributed by atoms with Crippen LogP contribution in [0.1, 0.15) is 27.3 Å². The van der Waals surface area contributed by atoms with Crippen LogP contribution in [0.25, 0.3) is 10.1 Å². The van der Waals surface area contributed by atoms with E-state index in [0.29, 0.717) is 31.2 Å². The second-order valence-corrected chi connectivity index (χ2v) is 7.10. The number of carbonyl (C=O) groups is 1. The average molecular weight is 355 g/mol. The van der Waals surface area contributed by atoms with Gasteiger partial charge in [0.25, 0.3) is 11.5 Å². The molecule has 1 N–H and O–H groups in total. The van der Waals surface area contributed by atoms with Gasteiger partial charge in [-0.3, -0.25) is 9.59 Å². The van der Waals surface area contributed by atoms with Gasteiger partial charge in [-0.15, -0.1) is 11.3 Å². The smallest absolute Gasteiger partial charge is 0.264 e. The summed E-state index contributed by atoms with van der Waals surface area (Å²) in [6.45, 7) is 3.08. The minimum atomic E-state index is -0.381. The molecule has 0 radical (unpaired) electrons. The molecule has 1 fully saturated rings. The number of ether oxygens (including phenoxy) is 1. The Balaban J connectivity index is 1.58. The Kier molecular flexibility index (Phi) is 4.10. The van der Waals surface area contributed by atoms with Gasteiger partial charge in [0.05, 0.1) is 23.7 Å². The van der Waals surface area contributed by atoms with E-state index >= 15 is 0 Å². The van der Waals surface area contributed by atoms with Gasteiger partial charge in [0, 0.05) is 17.3 Å². The summed E-state index contributed by atoms with van der Waals surface area (Å²) in [4.78, 5) is 34.0. The second-order valence-electron chi connectivity index (χ2n) is 6.01. The third-order valence-electron chi connectivity index (χ3n) is 4.20. The molecule has 25 heavy (non-hydrogen) atoms. The number of carbonyl (C=O) groups excluding carboxylic acids is 1. The largest absolute Gasteiger partial charge is 0.368 e. The van der Waals surface area contributed by atoms with Crippen molar-refractivity contribution in [2.45, 2.75) is 13.0 Å². The van der Waals surface area contributed by atoms with Gasteiger partial charge >= 0.3 is 0 Å². The lowest BCUT2D eigenvalue weighted by Crippen LogP contribution is -2.42. The zero-order valence-electron chi connectivity index (χ0n) is 13.7. The molecular formula is C18H17N3O3S. The molecule has 0 bridgehead atoms. The first kappa shape index (κ1) is 16.0. The fraction of sp³-hybridized carbons (Fsp3) is 0.278. The fourth-order valence-corrected chi connectivity index (χ4v) is 4.05. The summed E-state index contributed by atoms with van der Waals surface area (Å²) in [7, 11) is 0. The lowest BCUT2D eigenvalue weighted by molar-refractivity contribution is -0.0247. The van der Waals surface area contributed by atoms with Crippen LogP contribution in [0, 0.1) is 6.92 Å². The van der Waals surface area contributed by atoms with Gasteiger partial charge in [0.1, 0.15) is 11.9 Å². The lowest BCUT2D eigenvalue weighted by Gasteiger charge is -2.32. The van der Waals surface area contributed by atoms with Crippen molar-refractivity contribution in [1.82, 2.24) is 14.9 Å². The van der Waals surface area contributed by atoms with Crippen LogP contribution in [-0.2, 0) is 4.74 Å². The van der Waals surface area contributed by atoms with E-state index in [2.05, 4.69) is 9.97 Å². The third-order valence-corrected chi connectivity index (χ3v) is 5.30. The zero-order chi connectivity index (χ0) is 17.4. The van der Waals surface area contributed by atoms with Gasteiger partial charge in [0.15, 0.2) is 0 Å². The van der Waals surface area contributed by atoms with Crippen molar-refractivity contribution in [3.8, 4) is 0 Å². The van der Waals surface area contributed by atoms with Crippen LogP contribution in [0.5, 0.6) is 0 Å². The molecule has 1 aliphatic rings. The summed E-state index contributed by atoms with van der Waals surface area (Å²) < 4.78 is 6.84. The standard InChI is InChI=1S/C18H17N3O3S/c1-11-19-13(9-17(22)20-11)14-10-21(6-7-24-14)18(23)16-8-12-4-2-3-5-15(12)25-16/h2-5,8-9,14H,6-7,10H2,1H3,(H,19,20,22). The Hall–Kier alpha value is -2.51. The average Bonchev–Trinajstić information content (AvgIpc) is 3.04. The molecule has 7 heteroatoms. The van der Waals surface area contributed by atoms with Gasteiger partial charge in [-0.2, -0.15) is 0 Å². The van der Waals surface area contributed by atoms with Gasteiger partial charge in [0.2, 0.25) is 0 Å². The number of morpholine rings is 1. The number of hydrogen-bond acceptors (Lipinski definition) is 5. The topological polar surface area (TPSA) is 75.3 Å². The number of nitrogens with zero attached hydrogens (tertiary/aromatic N) is 2. The number of aryl methyl sites for hydroxylation is 1. The highest BCUT2D eigenvalue weighted by Crippen LogP contribution is 2.28. The molecule has 1 aromatic carbocycles. The van der Waals surface area contributed by atoms with Crippen molar-refractivity contribution in [3.05, 3.63) is 63.1 Å². The number of rotatable bonds is 2. The Morgan fingerprint density at radius 1 is 1.36 bits per heavy atom. The van der Waals surface area contributed by atoms with E-state index < -0.39 is 0 Å². The Bertz CT molecular complexity index is 961. The number of nitrogens with one attached hydrogen (secondary N) is 1. The van der Waals surface area contributed by atoms with Gasteiger partial charge < -0.3 is 14.6 Å². The number of amides is 1. The number of hydrogen-bond donors (Lipinski definition) is 1. The zero-order valence-corrected chi connectivity index (χ0v) is 14.5. The highest BCUT2D eigenvalue weighted by Gasteiger charge is 2.28. The molecule has 0 aliphatic carbocycles. The SMILES string of the molecule is Cc1nc(C2CN(C(=O)c3cc4ccccc4s3)CCO2)cc(=O)[nH]1. The van der Waals surface area contributed by atoms with Crippen molar-refractivity contribution in [2.24, 2.45) is 0 Å². The van der Waals surface area contributed by atoms with E-state index in [1.54, 1.807) is 11.8 Å². The second kappa shape index (κ2) is 6.42. The van der Waals surface area contributed by atoms with Crippen molar-refractivity contribution in [2.75, 3.05) is 19.7 Å². The molecule has 3 aromatic rings. The van der Waals surface area contributed by atoms with Gasteiger partial charge in [-0.1, -0.05) is 18.2 Å². The minimum absolute atomic E-state index is 0.00365. The number of thiophene rings is 1. The predicted molar refractivity (Wildman–Crippen MR) is 96.0 cm³/mol. The Morgan fingerprint density at radius 3 is 3.00 bits per heavy atom. The van der Waals surface area contributed by atoms with Crippen LogP contribution in [0.2, 0.25) is 0 Å². The van der Waals surface area contributed by atoms with E-state index in [1.165, 1.54) is 17.4 Å². The van der Waals surface area contributed by atoms with Crippen LogP contribution < -0.4 is 5.56 Å². The molecule has 4 rings (SSSR count). The molecule has 128 valence electrons. The molecule has 6 nitrogen and oxygen atoms in total. The lowest BCUT2D eigenvalue weighted by atomic mass is 10.2. The molecule has 0 saturated carbocycles. The van der Waals surface area contributed by atoms with Crippen molar-refractivity contribution in [1.29, 1.82) is 0 Å². The molecule has 1 unspecified atom stereocenters. The number of H-pyrrole nitrogens is 1. The number of aromatic nitrogens is 2. The summed E-state index contributed by atoms with van der Waals surface area (Å²) in [5.41, 5.74) is 0.356. The van der Waals surface area contributed by atoms with E-state index in [-0.39, 0.29) is 17.6 Å². The Morgan fingerprint density at radius 2 is 2.20 bits per heavy atom. The summed E-state index contributed by atoms with van der Waals surface area (Å²) in [6, 6.07) is 11.3. The summed E-state index contributed by atoms with van der Waals surface area (Å²) in [5.74, 6) is 0.537. The van der Waals surface area contributed by atoms with E-state index in [4.69, 9.17) is 4.74 Å². The molecule has 1 saturated heterocycles. The van der Waals surface area contributed by atoms with Crippen LogP contribution in [0.15, 0.2) is 41.2 Å². The molecule has 0 spiro atoms. The monoisotopic (exact) mass is 355 g/mol. The molecule has 1 aliphatic heterocycles. The van der Waals surface area contributed by atoms with Crippen LogP contribution >= 0.6 is 11.3 Å². The maximum absolute atomic E-state index is 12.9. The van der Waals surface area contributed by atoms with Crippen molar-refractivity contribution in [3.63, 3.8) is 0 Å². The highest BCUT2D eigenvalue weighted by atomic mass is 32.1. The van der Waals surface area contributed by atoms with E-state index in [1.807, 2.05) is 30.3 Å². The number of fused-ring (bicyclic) bond motifs is 1. The summed E-state index contributed by atoms with van der Waals surface area (Å²) >= 11 is 1.50. The normalized spacial score (nSPS) is 17.8. The molecule has 3 heterocycles. The van der Waals surface area contributed by atoms with Gasteiger partial charge in [-0.05, 0) is 24.4 Å². The minimum Gasteiger partial charge on any atom is -0.368 e. The first-order valence-corrected chi connectivity index (χ1v) is 8.89. The molecule has 2 aromatic heterocycles. The number of benzene rings is 1. The first-order chi connectivity index (χ1) is 12.1. The maximum atomic E-state index is 12.9. The van der Waals surface area contributed by atoms with Crippen LogP contribution in [0.3, 0.4) is 0 Å². The maximum Gasteiger partial charge on any atom is 0.264 e. The van der Waals surface area contributed by atoms with Crippen LogP contribution in [0.4, 0.5) is 0 Å². The third kappa shape index (κ3) is 3.20. The van der Waals surface area contributed by atoms with Gasteiger partial charge in [-0.25, -0.2) is 4.98 Å². The highest BCUT2D eigenvalue weighted by molar-refractivity contribution is 7.20. The fourth-order valence-electron chi connectivity index (χ4n) is 3.02. The van der Waals surface area contributed by atoms with E-state index in [9.17, 15) is 9.59 Å². The predicted octanol–water partition coefficient (Wildman–Crippen LogP) is 2.51. The molecule has 1 amide bonds. The van der Waals surface area contributed by atoms with Crippen molar-refractivity contribution >= 4 is 27.3 Å². The quantitative estimate of drug-likeness (QED) is 0.766. The van der Waals surface area contributed by atoms with E-state index in [0.717, 1.165) is 15.0 Å². The molecular weight excluding hydrogens is 338 g/mol. The molecule has 1 atom stereocenters. The van der Waals surface area contributed by atoms with Crippen LogP contribution in [-0.4, -0.2) is 40.5 Å². The Labute approximate surface area is 148 Å². The number of aromatic amines is 1. The van der Waals surface area contributed by atoms with Crippen molar-refractivity contribution < 1.29 is 9.53 Å².